The minimum Gasteiger partial charge on any atom is -0.369 e. The van der Waals surface area contributed by atoms with Crippen LogP contribution in [0.2, 0.25) is 0 Å². The Morgan fingerprint density at radius 2 is 1.66 bits per heavy atom. The highest BCUT2D eigenvalue weighted by Gasteiger charge is 2.28. The molecule has 9 nitrogen and oxygen atoms in total. The third-order valence-electron chi connectivity index (χ3n) is 4.77. The minimum atomic E-state index is -3.97. The molecular weight excluding hydrogens is 428 g/mol. The van der Waals surface area contributed by atoms with Crippen molar-refractivity contribution in [3.05, 3.63) is 84.2 Å². The highest BCUT2D eigenvalue weighted by Crippen LogP contribution is 2.26. The third-order valence-corrected chi connectivity index (χ3v) is 6.09. The Hall–Kier alpha value is -4.18. The van der Waals surface area contributed by atoms with E-state index in [4.69, 9.17) is 11.5 Å². The van der Waals surface area contributed by atoms with E-state index in [1.54, 1.807) is 25.1 Å². The number of sulfonamides is 1. The summed E-state index contributed by atoms with van der Waals surface area (Å²) in [6.45, 7) is 1.78. The van der Waals surface area contributed by atoms with Crippen molar-refractivity contribution >= 4 is 39.4 Å². The van der Waals surface area contributed by atoms with Crippen molar-refractivity contribution in [2.45, 2.75) is 11.8 Å². The topological polar surface area (TPSA) is 136 Å². The molecule has 0 saturated heterocycles. The number of aromatic nitrogens is 1. The summed E-state index contributed by atoms with van der Waals surface area (Å²) < 4.78 is 29.4. The van der Waals surface area contributed by atoms with E-state index in [0.29, 0.717) is 22.7 Å². The van der Waals surface area contributed by atoms with Gasteiger partial charge in [-0.05, 0) is 61.5 Å². The van der Waals surface area contributed by atoms with Gasteiger partial charge in [-0.3, -0.25) is 4.79 Å². The number of rotatable bonds is 5. The predicted octanol–water partition coefficient (Wildman–Crippen LogP) is 2.25. The maximum atomic E-state index is 13.0. The van der Waals surface area contributed by atoms with Gasteiger partial charge in [0.25, 0.3) is 15.9 Å². The van der Waals surface area contributed by atoms with E-state index in [1.807, 2.05) is 53.2 Å². The molecule has 10 heteroatoms. The first-order chi connectivity index (χ1) is 15.3. The van der Waals surface area contributed by atoms with Crippen LogP contribution in [0.1, 0.15) is 12.6 Å². The number of nitrogens with two attached hydrogens (primary N) is 2. The van der Waals surface area contributed by atoms with Gasteiger partial charge in [0.1, 0.15) is 0 Å². The quantitative estimate of drug-likeness (QED) is 0.350. The van der Waals surface area contributed by atoms with Crippen molar-refractivity contribution in [2.24, 2.45) is 21.0 Å². The number of para-hydroxylation sites is 1. The average molecular weight is 449 g/mol. The molecule has 0 radical (unpaired) electrons. The van der Waals surface area contributed by atoms with E-state index < -0.39 is 16.0 Å². The molecule has 1 aliphatic heterocycles. The molecule has 3 aromatic rings. The summed E-state index contributed by atoms with van der Waals surface area (Å²) in [6.07, 6.45) is 3.57. The first-order valence-corrected chi connectivity index (χ1v) is 11.0. The standard InChI is InChI=1S/C22H20N6O3S/c1-15-20(21(29)28(25-15)17-6-3-2-4-7-17)14-18-8-5-13-27(18)16-9-11-19(12-10-16)32(30,31)26-22(23)24/h2-14H,1H3,(H4,23,24,26)/b20-14-. The number of nitrogens with zero attached hydrogens (tertiary/aromatic N) is 4. The van der Waals surface area contributed by atoms with Gasteiger partial charge >= 0.3 is 0 Å². The van der Waals surface area contributed by atoms with Gasteiger partial charge in [0.15, 0.2) is 0 Å². The number of amides is 1. The van der Waals surface area contributed by atoms with Crippen molar-refractivity contribution in [2.75, 3.05) is 5.01 Å². The van der Waals surface area contributed by atoms with Gasteiger partial charge in [-0.2, -0.15) is 18.5 Å². The number of anilines is 1. The summed E-state index contributed by atoms with van der Waals surface area (Å²) in [5.74, 6) is -0.753. The maximum Gasteiger partial charge on any atom is 0.285 e. The van der Waals surface area contributed by atoms with Crippen LogP contribution >= 0.6 is 0 Å². The highest BCUT2D eigenvalue weighted by molar-refractivity contribution is 7.90. The molecule has 0 saturated carbocycles. The van der Waals surface area contributed by atoms with Crippen LogP contribution < -0.4 is 16.5 Å². The van der Waals surface area contributed by atoms with E-state index in [-0.39, 0.29) is 10.8 Å². The van der Waals surface area contributed by atoms with Crippen LogP contribution in [0.25, 0.3) is 11.8 Å². The van der Waals surface area contributed by atoms with Gasteiger partial charge in [0, 0.05) is 17.6 Å². The molecule has 2 aromatic carbocycles. The first kappa shape index (κ1) is 21.1. The molecule has 1 aliphatic rings. The van der Waals surface area contributed by atoms with Crippen LogP contribution in [0.4, 0.5) is 5.69 Å². The number of benzene rings is 2. The number of hydrogen-bond acceptors (Lipinski definition) is 4. The lowest BCUT2D eigenvalue weighted by molar-refractivity contribution is -0.114. The lowest BCUT2D eigenvalue weighted by Gasteiger charge is -2.11. The Labute approximate surface area is 185 Å². The molecule has 4 rings (SSSR count). The third kappa shape index (κ3) is 4.03. The van der Waals surface area contributed by atoms with Gasteiger partial charge in [-0.25, -0.2) is 0 Å². The van der Waals surface area contributed by atoms with E-state index in [9.17, 15) is 13.2 Å². The van der Waals surface area contributed by atoms with Crippen LogP contribution in [-0.2, 0) is 14.8 Å². The summed E-state index contributed by atoms with van der Waals surface area (Å²) >= 11 is 0. The highest BCUT2D eigenvalue weighted by atomic mass is 32.2. The van der Waals surface area contributed by atoms with Gasteiger partial charge in [0.2, 0.25) is 5.96 Å². The molecule has 0 bridgehead atoms. The van der Waals surface area contributed by atoms with Crippen LogP contribution in [-0.4, -0.2) is 30.6 Å². The zero-order chi connectivity index (χ0) is 22.9. The fourth-order valence-corrected chi connectivity index (χ4v) is 4.16. The summed E-state index contributed by atoms with van der Waals surface area (Å²) in [6, 6.07) is 19.0. The van der Waals surface area contributed by atoms with Gasteiger partial charge in [-0.1, -0.05) is 18.2 Å². The Morgan fingerprint density at radius 1 is 0.969 bits per heavy atom. The molecular formula is C22H20N6O3S. The van der Waals surface area contributed by atoms with E-state index >= 15 is 0 Å². The van der Waals surface area contributed by atoms with Crippen molar-refractivity contribution < 1.29 is 13.2 Å². The second kappa shape index (κ2) is 8.16. The average Bonchev–Trinajstić information content (AvgIpc) is 3.33. The second-order valence-electron chi connectivity index (χ2n) is 6.98. The Balaban J connectivity index is 1.65. The summed E-state index contributed by atoms with van der Waals surface area (Å²) in [7, 11) is -3.97. The Kier molecular flexibility index (Phi) is 5.37. The molecule has 1 amide bonds. The number of hydrazone groups is 1. The van der Waals surface area contributed by atoms with E-state index in [2.05, 4.69) is 9.50 Å². The van der Waals surface area contributed by atoms with Crippen molar-refractivity contribution in [1.29, 1.82) is 0 Å². The normalized spacial score (nSPS) is 15.2. The van der Waals surface area contributed by atoms with E-state index in [0.717, 1.165) is 5.69 Å². The summed E-state index contributed by atoms with van der Waals surface area (Å²) in [5.41, 5.74) is 13.6. The Bertz CT molecular complexity index is 1370. The summed E-state index contributed by atoms with van der Waals surface area (Å²) in [5, 5.41) is 5.76. The first-order valence-electron chi connectivity index (χ1n) is 9.57. The fraction of sp³-hybridized carbons (Fsp3) is 0.0455. The molecule has 32 heavy (non-hydrogen) atoms. The molecule has 0 aliphatic carbocycles. The number of carbonyl (C=O) groups is 1. The van der Waals surface area contributed by atoms with Gasteiger partial charge < -0.3 is 16.0 Å². The van der Waals surface area contributed by atoms with Gasteiger partial charge in [0.05, 0.1) is 21.9 Å². The van der Waals surface area contributed by atoms with Crippen LogP contribution in [0, 0.1) is 0 Å². The lowest BCUT2D eigenvalue weighted by atomic mass is 10.1. The molecule has 0 unspecified atom stereocenters. The molecule has 0 atom stereocenters. The van der Waals surface area contributed by atoms with E-state index in [1.165, 1.54) is 17.1 Å². The predicted molar refractivity (Wildman–Crippen MR) is 124 cm³/mol. The van der Waals surface area contributed by atoms with Gasteiger partial charge in [-0.15, -0.1) is 4.40 Å². The van der Waals surface area contributed by atoms with Crippen molar-refractivity contribution in [1.82, 2.24) is 4.57 Å². The lowest BCUT2D eigenvalue weighted by Crippen LogP contribution is -2.24. The van der Waals surface area contributed by atoms with Crippen molar-refractivity contribution in [3.63, 3.8) is 0 Å². The number of carbonyl (C=O) groups excluding carboxylic acids is 1. The minimum absolute atomic E-state index is 0.0332. The zero-order valence-corrected chi connectivity index (χ0v) is 17.9. The van der Waals surface area contributed by atoms with Crippen LogP contribution in [0.15, 0.2) is 92.9 Å². The van der Waals surface area contributed by atoms with Crippen LogP contribution in [0.5, 0.6) is 0 Å². The molecule has 0 spiro atoms. The van der Waals surface area contributed by atoms with Crippen LogP contribution in [0.3, 0.4) is 0 Å². The largest absolute Gasteiger partial charge is 0.369 e. The Morgan fingerprint density at radius 3 is 2.31 bits per heavy atom. The molecule has 162 valence electrons. The number of hydrogen-bond donors (Lipinski definition) is 2. The smallest absolute Gasteiger partial charge is 0.285 e. The second-order valence-corrected chi connectivity index (χ2v) is 8.59. The maximum absolute atomic E-state index is 13.0. The number of guanidine groups is 1. The molecule has 2 heterocycles. The summed E-state index contributed by atoms with van der Waals surface area (Å²) in [4.78, 5) is 12.9. The van der Waals surface area contributed by atoms with Crippen molar-refractivity contribution in [3.8, 4) is 5.69 Å². The molecule has 1 aromatic heterocycles. The molecule has 4 N–H and O–H groups in total. The zero-order valence-electron chi connectivity index (χ0n) is 17.1. The monoisotopic (exact) mass is 448 g/mol. The SMILES string of the molecule is CC1=NN(c2ccccc2)C(=O)/C1=C\c1cccn1-c1ccc(S(=O)(=O)N=C(N)N)cc1. The fourth-order valence-electron chi connectivity index (χ4n) is 3.29. The molecule has 0 fully saturated rings.